The number of fused-ring (bicyclic) bond motifs is 1. The Morgan fingerprint density at radius 1 is 1.19 bits per heavy atom. The molecule has 112 valence electrons. The Hall–Kier alpha value is -1.81. The van der Waals surface area contributed by atoms with Crippen molar-refractivity contribution in [2.24, 2.45) is 0 Å². The molecule has 1 aliphatic rings. The fraction of sp³-hybridized carbons (Fsp3) is 0.471. The second kappa shape index (κ2) is 6.76. The molecular weight excluding hydrogens is 262 g/mol. The highest BCUT2D eigenvalue weighted by Crippen LogP contribution is 2.17. The normalized spacial score (nSPS) is 16.2. The molecular formula is C17H23N3O. The molecule has 4 heteroatoms. The van der Waals surface area contributed by atoms with Crippen molar-refractivity contribution in [2.45, 2.75) is 25.7 Å². The molecule has 0 atom stereocenters. The molecule has 21 heavy (non-hydrogen) atoms. The van der Waals surface area contributed by atoms with Crippen LogP contribution in [-0.4, -0.2) is 42.0 Å². The van der Waals surface area contributed by atoms with E-state index in [-0.39, 0.29) is 5.91 Å². The zero-order chi connectivity index (χ0) is 14.5. The third-order valence-electron chi connectivity index (χ3n) is 4.22. The Balaban J connectivity index is 1.49. The molecule has 1 fully saturated rings. The van der Waals surface area contributed by atoms with Gasteiger partial charge in [0.1, 0.15) is 0 Å². The van der Waals surface area contributed by atoms with Gasteiger partial charge >= 0.3 is 0 Å². The summed E-state index contributed by atoms with van der Waals surface area (Å²) in [6.45, 7) is 4.28. The highest BCUT2D eigenvalue weighted by molar-refractivity contribution is 6.06. The SMILES string of the molecule is O=C(NCCCN1CCCCC1)c1cccc2[nH]ccc12. The molecule has 3 rings (SSSR count). The van der Waals surface area contributed by atoms with Gasteiger partial charge in [-0.25, -0.2) is 0 Å². The zero-order valence-corrected chi connectivity index (χ0v) is 12.4. The lowest BCUT2D eigenvalue weighted by Gasteiger charge is -2.26. The third-order valence-corrected chi connectivity index (χ3v) is 4.22. The molecule has 0 saturated carbocycles. The summed E-state index contributed by atoms with van der Waals surface area (Å²) in [5, 5.41) is 4.03. The van der Waals surface area contributed by atoms with Gasteiger partial charge in [-0.1, -0.05) is 12.5 Å². The average Bonchev–Trinajstić information content (AvgIpc) is 3.01. The van der Waals surface area contributed by atoms with Crippen molar-refractivity contribution in [1.82, 2.24) is 15.2 Å². The molecule has 1 aliphatic heterocycles. The van der Waals surface area contributed by atoms with Crippen LogP contribution in [0.5, 0.6) is 0 Å². The lowest BCUT2D eigenvalue weighted by molar-refractivity contribution is 0.0953. The first-order valence-electron chi connectivity index (χ1n) is 7.91. The Kier molecular flexibility index (Phi) is 4.55. The van der Waals surface area contributed by atoms with Crippen LogP contribution in [0.2, 0.25) is 0 Å². The fourth-order valence-corrected chi connectivity index (χ4v) is 3.07. The zero-order valence-electron chi connectivity index (χ0n) is 12.4. The molecule has 2 aromatic rings. The van der Waals surface area contributed by atoms with Crippen LogP contribution in [0.3, 0.4) is 0 Å². The van der Waals surface area contributed by atoms with Gasteiger partial charge in [0.05, 0.1) is 0 Å². The van der Waals surface area contributed by atoms with Crippen molar-refractivity contribution in [3.8, 4) is 0 Å². The fourth-order valence-electron chi connectivity index (χ4n) is 3.07. The minimum Gasteiger partial charge on any atom is -0.361 e. The van der Waals surface area contributed by atoms with E-state index >= 15 is 0 Å². The van der Waals surface area contributed by atoms with Gasteiger partial charge in [0.2, 0.25) is 0 Å². The molecule has 1 amide bonds. The monoisotopic (exact) mass is 285 g/mol. The molecule has 0 radical (unpaired) electrons. The summed E-state index contributed by atoms with van der Waals surface area (Å²) in [5.74, 6) is 0.0267. The Labute approximate surface area is 125 Å². The topological polar surface area (TPSA) is 48.1 Å². The number of nitrogens with one attached hydrogen (secondary N) is 2. The number of nitrogens with zero attached hydrogens (tertiary/aromatic N) is 1. The van der Waals surface area contributed by atoms with Crippen molar-refractivity contribution < 1.29 is 4.79 Å². The largest absolute Gasteiger partial charge is 0.361 e. The standard InChI is InChI=1S/C17H23N3O/c21-17(15-6-4-7-16-14(15)8-10-18-16)19-9-5-13-20-11-2-1-3-12-20/h4,6-8,10,18H,1-3,5,9,11-13H2,(H,19,21). The third kappa shape index (κ3) is 3.45. The number of likely N-dealkylation sites (tertiary alicyclic amines) is 1. The number of aromatic nitrogens is 1. The van der Waals surface area contributed by atoms with Gasteiger partial charge in [-0.3, -0.25) is 4.79 Å². The molecule has 0 unspecified atom stereocenters. The Morgan fingerprint density at radius 2 is 2.05 bits per heavy atom. The van der Waals surface area contributed by atoms with Gasteiger partial charge in [0, 0.05) is 29.2 Å². The van der Waals surface area contributed by atoms with Crippen LogP contribution in [0.25, 0.3) is 10.9 Å². The number of hydrogen-bond donors (Lipinski definition) is 2. The van der Waals surface area contributed by atoms with Gasteiger partial charge in [0.15, 0.2) is 0 Å². The van der Waals surface area contributed by atoms with Crippen LogP contribution in [0.1, 0.15) is 36.0 Å². The van der Waals surface area contributed by atoms with Crippen molar-refractivity contribution in [1.29, 1.82) is 0 Å². The smallest absolute Gasteiger partial charge is 0.251 e. The van der Waals surface area contributed by atoms with Crippen LogP contribution < -0.4 is 5.32 Å². The lowest BCUT2D eigenvalue weighted by Crippen LogP contribution is -2.33. The van der Waals surface area contributed by atoms with E-state index in [0.717, 1.165) is 36.0 Å². The minimum atomic E-state index is 0.0267. The van der Waals surface area contributed by atoms with Gasteiger partial charge < -0.3 is 15.2 Å². The van der Waals surface area contributed by atoms with E-state index in [2.05, 4.69) is 15.2 Å². The predicted octanol–water partition coefficient (Wildman–Crippen LogP) is 2.77. The molecule has 4 nitrogen and oxygen atoms in total. The average molecular weight is 285 g/mol. The Bertz CT molecular complexity index is 599. The first-order valence-corrected chi connectivity index (χ1v) is 7.91. The maximum absolute atomic E-state index is 12.3. The number of rotatable bonds is 5. The van der Waals surface area contributed by atoms with Crippen LogP contribution in [0.4, 0.5) is 0 Å². The quantitative estimate of drug-likeness (QED) is 0.830. The number of piperidine rings is 1. The second-order valence-corrected chi connectivity index (χ2v) is 5.76. The highest BCUT2D eigenvalue weighted by atomic mass is 16.1. The van der Waals surface area contributed by atoms with E-state index in [9.17, 15) is 4.79 Å². The maximum Gasteiger partial charge on any atom is 0.251 e. The maximum atomic E-state index is 12.3. The number of H-pyrrole nitrogens is 1. The van der Waals surface area contributed by atoms with E-state index in [1.54, 1.807) is 0 Å². The van der Waals surface area contributed by atoms with Crippen LogP contribution in [0, 0.1) is 0 Å². The molecule has 1 saturated heterocycles. The number of carbonyl (C=O) groups is 1. The van der Waals surface area contributed by atoms with Crippen LogP contribution in [-0.2, 0) is 0 Å². The van der Waals surface area contributed by atoms with E-state index in [1.807, 2.05) is 30.5 Å². The van der Waals surface area contributed by atoms with E-state index in [0.29, 0.717) is 0 Å². The summed E-state index contributed by atoms with van der Waals surface area (Å²) < 4.78 is 0. The number of aromatic amines is 1. The number of hydrogen-bond acceptors (Lipinski definition) is 2. The number of amides is 1. The molecule has 0 aliphatic carbocycles. The van der Waals surface area contributed by atoms with Crippen LogP contribution in [0.15, 0.2) is 30.5 Å². The van der Waals surface area contributed by atoms with E-state index in [4.69, 9.17) is 0 Å². The summed E-state index contributed by atoms with van der Waals surface area (Å²) in [6, 6.07) is 7.75. The predicted molar refractivity (Wildman–Crippen MR) is 85.5 cm³/mol. The molecule has 0 spiro atoms. The second-order valence-electron chi connectivity index (χ2n) is 5.76. The summed E-state index contributed by atoms with van der Waals surface area (Å²) in [5.41, 5.74) is 1.77. The highest BCUT2D eigenvalue weighted by Gasteiger charge is 2.11. The van der Waals surface area contributed by atoms with Crippen molar-refractivity contribution in [3.63, 3.8) is 0 Å². The molecule has 0 bridgehead atoms. The van der Waals surface area contributed by atoms with Gasteiger partial charge in [-0.05, 0) is 57.1 Å². The summed E-state index contributed by atoms with van der Waals surface area (Å²) >= 11 is 0. The van der Waals surface area contributed by atoms with E-state index < -0.39 is 0 Å². The molecule has 1 aromatic carbocycles. The number of carbonyl (C=O) groups excluding carboxylic acids is 1. The summed E-state index contributed by atoms with van der Waals surface area (Å²) in [7, 11) is 0. The first-order chi connectivity index (χ1) is 10.3. The van der Waals surface area contributed by atoms with Crippen molar-refractivity contribution >= 4 is 16.8 Å². The molecule has 2 N–H and O–H groups in total. The summed E-state index contributed by atoms with van der Waals surface area (Å²) in [4.78, 5) is 17.9. The minimum absolute atomic E-state index is 0.0267. The van der Waals surface area contributed by atoms with Crippen molar-refractivity contribution in [3.05, 3.63) is 36.0 Å². The van der Waals surface area contributed by atoms with Crippen LogP contribution >= 0.6 is 0 Å². The van der Waals surface area contributed by atoms with Crippen molar-refractivity contribution in [2.75, 3.05) is 26.2 Å². The van der Waals surface area contributed by atoms with Gasteiger partial charge in [-0.15, -0.1) is 0 Å². The van der Waals surface area contributed by atoms with Gasteiger partial charge in [-0.2, -0.15) is 0 Å². The lowest BCUT2D eigenvalue weighted by atomic mass is 10.1. The van der Waals surface area contributed by atoms with E-state index in [1.165, 1.54) is 32.4 Å². The molecule has 1 aromatic heterocycles. The summed E-state index contributed by atoms with van der Waals surface area (Å²) in [6.07, 6.45) is 6.91. The Morgan fingerprint density at radius 3 is 2.90 bits per heavy atom. The first kappa shape index (κ1) is 14.1. The van der Waals surface area contributed by atoms with Gasteiger partial charge in [0.25, 0.3) is 5.91 Å². The number of benzene rings is 1. The molecule has 2 heterocycles.